The van der Waals surface area contributed by atoms with Gasteiger partial charge in [-0.05, 0) is 33.4 Å². The molecule has 0 radical (unpaired) electrons. The van der Waals surface area contributed by atoms with Crippen LogP contribution in [-0.4, -0.2) is 4.98 Å². The molecular formula is C14H7BrF3N. The van der Waals surface area contributed by atoms with Gasteiger partial charge in [0.2, 0.25) is 0 Å². The highest BCUT2D eigenvalue weighted by Gasteiger charge is 2.33. The van der Waals surface area contributed by atoms with Gasteiger partial charge < -0.3 is 0 Å². The Morgan fingerprint density at radius 1 is 1.00 bits per heavy atom. The Labute approximate surface area is 115 Å². The number of rotatable bonds is 0. The van der Waals surface area contributed by atoms with Gasteiger partial charge in [0.1, 0.15) is 0 Å². The van der Waals surface area contributed by atoms with Crippen LogP contribution < -0.4 is 0 Å². The molecule has 1 heterocycles. The second-order valence-corrected chi connectivity index (χ2v) is 5.02. The fourth-order valence-corrected chi connectivity index (χ4v) is 2.60. The van der Waals surface area contributed by atoms with E-state index in [-0.39, 0.29) is 5.39 Å². The predicted octanol–water partition coefficient (Wildman–Crippen LogP) is 5.17. The molecule has 2 aromatic carbocycles. The van der Waals surface area contributed by atoms with Crippen LogP contribution >= 0.6 is 15.9 Å². The first-order valence-electron chi connectivity index (χ1n) is 5.51. The maximum Gasteiger partial charge on any atom is 0.417 e. The van der Waals surface area contributed by atoms with Gasteiger partial charge in [0, 0.05) is 21.4 Å². The highest BCUT2D eigenvalue weighted by Crippen LogP contribution is 2.39. The summed E-state index contributed by atoms with van der Waals surface area (Å²) in [5.74, 6) is 0. The second-order valence-electron chi connectivity index (χ2n) is 4.16. The molecule has 0 saturated heterocycles. The van der Waals surface area contributed by atoms with Crippen LogP contribution in [0.15, 0.2) is 47.1 Å². The van der Waals surface area contributed by atoms with Gasteiger partial charge in [-0.1, -0.05) is 24.3 Å². The van der Waals surface area contributed by atoms with Crippen molar-refractivity contribution in [1.29, 1.82) is 0 Å². The molecule has 0 N–H and O–H groups in total. The summed E-state index contributed by atoms with van der Waals surface area (Å²) in [7, 11) is 0. The molecule has 19 heavy (non-hydrogen) atoms. The predicted molar refractivity (Wildman–Crippen MR) is 72.0 cm³/mol. The molecule has 0 aliphatic heterocycles. The quantitative estimate of drug-likeness (QED) is 0.520. The van der Waals surface area contributed by atoms with E-state index in [1.54, 1.807) is 30.5 Å². The van der Waals surface area contributed by atoms with Gasteiger partial charge in [-0.25, -0.2) is 0 Å². The number of pyridine rings is 1. The van der Waals surface area contributed by atoms with Crippen LogP contribution in [0, 0.1) is 0 Å². The first-order chi connectivity index (χ1) is 8.98. The summed E-state index contributed by atoms with van der Waals surface area (Å²) in [4.78, 5) is 4.14. The molecule has 0 bridgehead atoms. The third kappa shape index (κ3) is 1.98. The maximum absolute atomic E-state index is 13.1. The van der Waals surface area contributed by atoms with Crippen LogP contribution in [0.3, 0.4) is 0 Å². The Balaban J connectivity index is 2.58. The number of hydrogen-bond acceptors (Lipinski definition) is 1. The van der Waals surface area contributed by atoms with Crippen LogP contribution in [0.2, 0.25) is 0 Å². The minimum absolute atomic E-state index is 0.139. The van der Waals surface area contributed by atoms with Gasteiger partial charge in [0.25, 0.3) is 0 Å². The highest BCUT2D eigenvalue weighted by atomic mass is 79.9. The fraction of sp³-hybridized carbons (Fsp3) is 0.0714. The largest absolute Gasteiger partial charge is 0.417 e. The molecule has 0 amide bonds. The maximum atomic E-state index is 13.1. The minimum atomic E-state index is -4.40. The highest BCUT2D eigenvalue weighted by molar-refractivity contribution is 9.10. The van der Waals surface area contributed by atoms with Crippen molar-refractivity contribution in [1.82, 2.24) is 4.98 Å². The van der Waals surface area contributed by atoms with E-state index >= 15 is 0 Å². The summed E-state index contributed by atoms with van der Waals surface area (Å²) < 4.78 is 40.0. The molecule has 1 aromatic heterocycles. The molecule has 0 aliphatic rings. The van der Waals surface area contributed by atoms with Crippen molar-refractivity contribution in [2.45, 2.75) is 6.18 Å². The van der Waals surface area contributed by atoms with Crippen LogP contribution in [0.4, 0.5) is 13.2 Å². The molecule has 3 rings (SSSR count). The van der Waals surface area contributed by atoms with Crippen LogP contribution in [0.25, 0.3) is 21.7 Å². The first kappa shape index (κ1) is 12.4. The lowest BCUT2D eigenvalue weighted by Crippen LogP contribution is -2.06. The zero-order valence-corrected chi connectivity index (χ0v) is 11.1. The summed E-state index contributed by atoms with van der Waals surface area (Å²) in [6, 6.07) is 9.40. The van der Waals surface area contributed by atoms with E-state index in [1.807, 2.05) is 0 Å². The lowest BCUT2D eigenvalue weighted by atomic mass is 10.0. The molecule has 96 valence electrons. The number of alkyl halides is 3. The average Bonchev–Trinajstić information content (AvgIpc) is 2.37. The first-order valence-corrected chi connectivity index (χ1v) is 6.31. The normalized spacial score (nSPS) is 12.2. The SMILES string of the molecule is FC(F)(F)c1ccc(Br)c2ncc3ccccc3c12. The third-order valence-corrected chi connectivity index (χ3v) is 3.64. The van der Waals surface area contributed by atoms with Crippen molar-refractivity contribution >= 4 is 37.6 Å². The van der Waals surface area contributed by atoms with Gasteiger partial charge in [0.05, 0.1) is 11.1 Å². The second kappa shape index (κ2) is 4.20. The van der Waals surface area contributed by atoms with Crippen LogP contribution in [0.1, 0.15) is 5.56 Å². The van der Waals surface area contributed by atoms with Crippen molar-refractivity contribution < 1.29 is 13.2 Å². The van der Waals surface area contributed by atoms with E-state index in [4.69, 9.17) is 0 Å². The Kier molecular flexibility index (Phi) is 2.74. The van der Waals surface area contributed by atoms with E-state index in [0.29, 0.717) is 20.8 Å². The smallest absolute Gasteiger partial charge is 0.254 e. The number of fused-ring (bicyclic) bond motifs is 3. The Morgan fingerprint density at radius 2 is 1.74 bits per heavy atom. The van der Waals surface area contributed by atoms with Gasteiger partial charge in [-0.15, -0.1) is 0 Å². The van der Waals surface area contributed by atoms with Crippen molar-refractivity contribution in [3.05, 3.63) is 52.6 Å². The summed E-state index contributed by atoms with van der Waals surface area (Å²) >= 11 is 3.25. The van der Waals surface area contributed by atoms with Gasteiger partial charge >= 0.3 is 6.18 Å². The number of benzene rings is 2. The molecule has 0 unspecified atom stereocenters. The Bertz CT molecular complexity index is 781. The van der Waals surface area contributed by atoms with Crippen molar-refractivity contribution in [3.63, 3.8) is 0 Å². The summed E-state index contributed by atoms with van der Waals surface area (Å²) in [5, 5.41) is 1.39. The summed E-state index contributed by atoms with van der Waals surface area (Å²) in [6.45, 7) is 0. The Hall–Kier alpha value is -1.62. The van der Waals surface area contributed by atoms with Crippen molar-refractivity contribution in [2.24, 2.45) is 0 Å². The summed E-state index contributed by atoms with van der Waals surface area (Å²) in [5.41, 5.74) is -0.330. The van der Waals surface area contributed by atoms with Gasteiger partial charge in [0.15, 0.2) is 0 Å². The van der Waals surface area contributed by atoms with E-state index < -0.39 is 11.7 Å². The van der Waals surface area contributed by atoms with E-state index in [0.717, 1.165) is 6.07 Å². The van der Waals surface area contributed by atoms with Crippen molar-refractivity contribution in [3.8, 4) is 0 Å². The summed E-state index contributed by atoms with van der Waals surface area (Å²) in [6.07, 6.45) is -2.81. The number of aromatic nitrogens is 1. The zero-order chi connectivity index (χ0) is 13.6. The molecule has 0 atom stereocenters. The minimum Gasteiger partial charge on any atom is -0.254 e. The number of hydrogen-bond donors (Lipinski definition) is 0. The standard InChI is InChI=1S/C14H7BrF3N/c15-11-6-5-10(14(16,17)18)12-9-4-2-1-3-8(9)7-19-13(11)12/h1-7H. The molecule has 0 fully saturated rings. The van der Waals surface area contributed by atoms with Crippen LogP contribution in [0.5, 0.6) is 0 Å². The molecule has 0 aliphatic carbocycles. The van der Waals surface area contributed by atoms with Crippen molar-refractivity contribution in [2.75, 3.05) is 0 Å². The van der Waals surface area contributed by atoms with E-state index in [9.17, 15) is 13.2 Å². The lowest BCUT2D eigenvalue weighted by Gasteiger charge is -2.13. The van der Waals surface area contributed by atoms with E-state index in [1.165, 1.54) is 6.07 Å². The molecular weight excluding hydrogens is 319 g/mol. The molecule has 3 aromatic rings. The number of nitrogens with zero attached hydrogens (tertiary/aromatic N) is 1. The monoisotopic (exact) mass is 325 g/mol. The Morgan fingerprint density at radius 3 is 2.47 bits per heavy atom. The van der Waals surface area contributed by atoms with Gasteiger partial charge in [-0.3, -0.25) is 4.98 Å². The zero-order valence-electron chi connectivity index (χ0n) is 9.50. The molecule has 0 saturated carbocycles. The molecule has 0 spiro atoms. The third-order valence-electron chi connectivity index (χ3n) is 3.00. The van der Waals surface area contributed by atoms with E-state index in [2.05, 4.69) is 20.9 Å². The topological polar surface area (TPSA) is 12.9 Å². The lowest BCUT2D eigenvalue weighted by molar-refractivity contribution is -0.136. The van der Waals surface area contributed by atoms with Crippen LogP contribution in [-0.2, 0) is 6.18 Å². The molecule has 5 heteroatoms. The fourth-order valence-electron chi connectivity index (χ4n) is 2.17. The number of halogens is 4. The molecule has 1 nitrogen and oxygen atoms in total. The average molecular weight is 326 g/mol. The van der Waals surface area contributed by atoms with Gasteiger partial charge in [-0.2, -0.15) is 13.2 Å².